The number of hydrogen-bond acceptors (Lipinski definition) is 4. The molecule has 0 aliphatic carbocycles. The van der Waals surface area contributed by atoms with E-state index in [2.05, 4.69) is 18.8 Å². The van der Waals surface area contributed by atoms with E-state index in [0.29, 0.717) is 30.8 Å². The number of rotatable bonds is 17. The van der Waals surface area contributed by atoms with E-state index >= 15 is 8.78 Å². The SMILES string of the molecule is CCCCCCOc1c(F)c(F)c(N=C(N)c2ccc(-c3ccc(OCCCCC)cc3)cc2)c(SCCC)c1F. The van der Waals surface area contributed by atoms with Gasteiger partial charge in [-0.25, -0.2) is 13.8 Å². The number of aliphatic imine (C=N–C) groups is 1. The maximum atomic E-state index is 15.4. The number of benzene rings is 3. The summed E-state index contributed by atoms with van der Waals surface area (Å²) in [6.45, 7) is 6.95. The van der Waals surface area contributed by atoms with Crippen LogP contribution in [0.3, 0.4) is 0 Å². The Morgan fingerprint density at radius 2 is 1.29 bits per heavy atom. The normalized spacial score (nSPS) is 11.6. The van der Waals surface area contributed by atoms with Gasteiger partial charge in [0.2, 0.25) is 5.82 Å². The largest absolute Gasteiger partial charge is 0.494 e. The van der Waals surface area contributed by atoms with E-state index in [4.69, 9.17) is 15.2 Å². The van der Waals surface area contributed by atoms with E-state index in [-0.39, 0.29) is 17.3 Å². The first kappa shape index (κ1) is 32.4. The quantitative estimate of drug-likeness (QED) is 0.0562. The second-order valence-electron chi connectivity index (χ2n) is 9.86. The molecule has 3 rings (SSSR count). The maximum absolute atomic E-state index is 15.4. The van der Waals surface area contributed by atoms with E-state index in [0.717, 1.165) is 67.2 Å². The van der Waals surface area contributed by atoms with E-state index in [1.54, 1.807) is 12.1 Å². The molecular weight excluding hydrogens is 545 g/mol. The average molecular weight is 587 g/mol. The first-order valence-electron chi connectivity index (χ1n) is 14.5. The zero-order valence-electron chi connectivity index (χ0n) is 24.3. The molecule has 2 N–H and O–H groups in total. The Morgan fingerprint density at radius 1 is 0.707 bits per heavy atom. The lowest BCUT2D eigenvalue weighted by atomic mass is 10.0. The lowest BCUT2D eigenvalue weighted by molar-refractivity contribution is 0.267. The number of thioether (sulfide) groups is 1. The molecule has 0 saturated carbocycles. The number of halogens is 3. The van der Waals surface area contributed by atoms with Gasteiger partial charge >= 0.3 is 0 Å². The summed E-state index contributed by atoms with van der Waals surface area (Å²) in [5, 5.41) is 0. The van der Waals surface area contributed by atoms with Crippen LogP contribution in [0.1, 0.15) is 77.7 Å². The summed E-state index contributed by atoms with van der Waals surface area (Å²) in [5.74, 6) is -3.03. The van der Waals surface area contributed by atoms with Crippen LogP contribution in [0.25, 0.3) is 11.1 Å². The minimum Gasteiger partial charge on any atom is -0.494 e. The second-order valence-corrected chi connectivity index (χ2v) is 11.0. The molecule has 0 aliphatic heterocycles. The van der Waals surface area contributed by atoms with Crippen molar-refractivity contribution in [3.8, 4) is 22.6 Å². The van der Waals surface area contributed by atoms with Gasteiger partial charge in [-0.1, -0.05) is 89.3 Å². The summed E-state index contributed by atoms with van der Waals surface area (Å²) >= 11 is 1.07. The van der Waals surface area contributed by atoms with Gasteiger partial charge < -0.3 is 15.2 Å². The molecule has 0 amide bonds. The van der Waals surface area contributed by atoms with Crippen LogP contribution in [0.2, 0.25) is 0 Å². The third kappa shape index (κ3) is 9.18. The molecule has 3 aromatic carbocycles. The van der Waals surface area contributed by atoms with Gasteiger partial charge in [0.05, 0.1) is 18.1 Å². The van der Waals surface area contributed by atoms with Crippen LogP contribution in [0.15, 0.2) is 58.4 Å². The second kappa shape index (κ2) is 17.0. The monoisotopic (exact) mass is 586 g/mol. The number of amidine groups is 1. The van der Waals surface area contributed by atoms with Crippen molar-refractivity contribution in [1.29, 1.82) is 0 Å². The Labute approximate surface area is 246 Å². The molecule has 0 radical (unpaired) electrons. The summed E-state index contributed by atoms with van der Waals surface area (Å²) in [5.41, 5.74) is 8.21. The van der Waals surface area contributed by atoms with Gasteiger partial charge in [-0.05, 0) is 48.3 Å². The summed E-state index contributed by atoms with van der Waals surface area (Å²) < 4.78 is 56.8. The van der Waals surface area contributed by atoms with Crippen LogP contribution >= 0.6 is 11.8 Å². The molecule has 4 nitrogen and oxygen atoms in total. The Morgan fingerprint density at radius 3 is 1.93 bits per heavy atom. The summed E-state index contributed by atoms with van der Waals surface area (Å²) in [6.07, 6.45) is 7.55. The highest BCUT2D eigenvalue weighted by atomic mass is 32.2. The average Bonchev–Trinajstić information content (AvgIpc) is 2.99. The van der Waals surface area contributed by atoms with Crippen LogP contribution < -0.4 is 15.2 Å². The van der Waals surface area contributed by atoms with Gasteiger partial charge in [0, 0.05) is 5.56 Å². The van der Waals surface area contributed by atoms with E-state index < -0.39 is 28.9 Å². The van der Waals surface area contributed by atoms with Gasteiger partial charge in [-0.3, -0.25) is 0 Å². The summed E-state index contributed by atoms with van der Waals surface area (Å²) in [7, 11) is 0. The van der Waals surface area contributed by atoms with Crippen molar-refractivity contribution in [3.63, 3.8) is 0 Å². The van der Waals surface area contributed by atoms with Crippen molar-refractivity contribution in [2.24, 2.45) is 10.7 Å². The highest BCUT2D eigenvalue weighted by molar-refractivity contribution is 7.99. The maximum Gasteiger partial charge on any atom is 0.206 e. The molecule has 0 saturated heterocycles. The minimum absolute atomic E-state index is 0.0448. The molecule has 0 bridgehead atoms. The molecule has 3 aromatic rings. The molecule has 222 valence electrons. The summed E-state index contributed by atoms with van der Waals surface area (Å²) in [4.78, 5) is 4.06. The van der Waals surface area contributed by atoms with Gasteiger partial charge in [0.25, 0.3) is 0 Å². The van der Waals surface area contributed by atoms with Crippen LogP contribution in [0.4, 0.5) is 18.9 Å². The molecule has 8 heteroatoms. The van der Waals surface area contributed by atoms with Gasteiger partial charge in [-0.2, -0.15) is 4.39 Å². The third-order valence-electron chi connectivity index (χ3n) is 6.53. The molecule has 0 heterocycles. The topological polar surface area (TPSA) is 56.8 Å². The fraction of sp³-hybridized carbons (Fsp3) is 0.424. The van der Waals surface area contributed by atoms with Gasteiger partial charge in [-0.15, -0.1) is 11.8 Å². The third-order valence-corrected chi connectivity index (χ3v) is 7.80. The number of ether oxygens (including phenoxy) is 2. The van der Waals surface area contributed by atoms with Crippen LogP contribution in [-0.2, 0) is 0 Å². The molecule has 0 atom stereocenters. The predicted octanol–water partition coefficient (Wildman–Crippen LogP) is 9.84. The van der Waals surface area contributed by atoms with Crippen molar-refractivity contribution in [2.75, 3.05) is 19.0 Å². The highest BCUT2D eigenvalue weighted by Crippen LogP contribution is 2.42. The molecule has 0 fully saturated rings. The molecule has 41 heavy (non-hydrogen) atoms. The molecule has 0 aromatic heterocycles. The fourth-order valence-electron chi connectivity index (χ4n) is 4.18. The van der Waals surface area contributed by atoms with Crippen LogP contribution in [-0.4, -0.2) is 24.8 Å². The predicted molar refractivity (Wildman–Crippen MR) is 164 cm³/mol. The molecule has 0 spiro atoms. The highest BCUT2D eigenvalue weighted by Gasteiger charge is 2.27. The number of nitrogens with two attached hydrogens (primary N) is 1. The summed E-state index contributed by atoms with van der Waals surface area (Å²) in [6, 6.07) is 15.1. The van der Waals surface area contributed by atoms with Crippen LogP contribution in [0, 0.1) is 17.5 Å². The lowest BCUT2D eigenvalue weighted by Crippen LogP contribution is -2.13. The van der Waals surface area contributed by atoms with E-state index in [9.17, 15) is 4.39 Å². The van der Waals surface area contributed by atoms with E-state index in [1.807, 2.05) is 43.3 Å². The smallest absolute Gasteiger partial charge is 0.206 e. The van der Waals surface area contributed by atoms with Crippen molar-refractivity contribution in [2.45, 2.75) is 77.0 Å². The van der Waals surface area contributed by atoms with Crippen molar-refractivity contribution in [3.05, 3.63) is 71.5 Å². The standard InChI is InChI=1S/C33H41F3N2O2S/c1-4-7-9-11-21-40-31-28(35)27(34)30(32(29(31)36)41-22-6-3)38-33(37)25-14-12-23(13-15-25)24-16-18-26(19-17-24)39-20-10-8-5-2/h12-19H,4-11,20-22H2,1-3H3,(H2,37,38). The minimum atomic E-state index is -1.39. The number of nitrogens with zero attached hydrogens (tertiary/aromatic N) is 1. The first-order chi connectivity index (χ1) is 19.9. The fourth-order valence-corrected chi connectivity index (χ4v) is 5.08. The zero-order chi connectivity index (χ0) is 29.6. The molecular formula is C33H41F3N2O2S. The molecule has 0 unspecified atom stereocenters. The number of hydrogen-bond donors (Lipinski definition) is 1. The van der Waals surface area contributed by atoms with Crippen molar-refractivity contribution >= 4 is 23.3 Å². The van der Waals surface area contributed by atoms with Gasteiger partial charge in [0.15, 0.2) is 17.4 Å². The Hall–Kier alpha value is -3.13. The Kier molecular flexibility index (Phi) is 13.4. The zero-order valence-corrected chi connectivity index (χ0v) is 25.1. The Balaban J connectivity index is 1.81. The lowest BCUT2D eigenvalue weighted by Gasteiger charge is -2.15. The molecule has 0 aliphatic rings. The first-order valence-corrected chi connectivity index (χ1v) is 15.5. The van der Waals surface area contributed by atoms with Gasteiger partial charge in [0.1, 0.15) is 17.3 Å². The van der Waals surface area contributed by atoms with Crippen LogP contribution in [0.5, 0.6) is 11.5 Å². The van der Waals surface area contributed by atoms with E-state index in [1.165, 1.54) is 0 Å². The van der Waals surface area contributed by atoms with Crippen molar-refractivity contribution < 1.29 is 22.6 Å². The number of unbranched alkanes of at least 4 members (excludes halogenated alkanes) is 5. The van der Waals surface area contributed by atoms with Crippen molar-refractivity contribution in [1.82, 2.24) is 0 Å². The Bertz CT molecular complexity index is 1270.